The molecule has 0 aliphatic carbocycles. The monoisotopic (exact) mass is 243 g/mol. The van der Waals surface area contributed by atoms with Gasteiger partial charge in [0.25, 0.3) is 0 Å². The number of amides is 2. The smallest absolute Gasteiger partial charge is 0.317 e. The minimum atomic E-state index is 0.0478. The first kappa shape index (κ1) is 11.1. The van der Waals surface area contributed by atoms with Crippen LogP contribution in [-0.2, 0) is 6.54 Å². The Kier molecular flexibility index (Phi) is 2.70. The van der Waals surface area contributed by atoms with E-state index in [-0.39, 0.29) is 6.03 Å². The molecule has 2 aromatic rings. The second-order valence-corrected chi connectivity index (χ2v) is 4.87. The van der Waals surface area contributed by atoms with Crippen LogP contribution < -0.4 is 5.32 Å². The molecule has 3 rings (SSSR count). The standard InChI is InChI=1S/C14H17N3O/c1-10-7-12-8-11(3-4-13(12)16-10)9-15-14(18)17-5-2-6-17/h3-4,7-8,16H,2,5-6,9H2,1H3,(H,15,18). The number of nitrogens with one attached hydrogen (secondary N) is 2. The number of urea groups is 1. The van der Waals surface area contributed by atoms with Crippen LogP contribution in [0.1, 0.15) is 17.7 Å². The number of carbonyl (C=O) groups is 1. The molecule has 1 aromatic heterocycles. The average Bonchev–Trinajstić information content (AvgIpc) is 2.63. The molecule has 0 atom stereocenters. The van der Waals surface area contributed by atoms with Crippen LogP contribution >= 0.6 is 0 Å². The highest BCUT2D eigenvalue weighted by atomic mass is 16.2. The number of aryl methyl sites for hydroxylation is 1. The Morgan fingerprint density at radius 1 is 1.39 bits per heavy atom. The lowest BCUT2D eigenvalue weighted by atomic mass is 10.1. The van der Waals surface area contributed by atoms with Crippen molar-refractivity contribution in [2.24, 2.45) is 0 Å². The van der Waals surface area contributed by atoms with Gasteiger partial charge in [-0.3, -0.25) is 0 Å². The quantitative estimate of drug-likeness (QED) is 0.836. The number of benzene rings is 1. The van der Waals surface area contributed by atoms with E-state index in [2.05, 4.69) is 34.6 Å². The van der Waals surface area contributed by atoms with E-state index in [0.29, 0.717) is 6.54 Å². The molecule has 1 saturated heterocycles. The predicted octanol–water partition coefficient (Wildman–Crippen LogP) is 2.39. The maximum Gasteiger partial charge on any atom is 0.317 e. The summed E-state index contributed by atoms with van der Waals surface area (Å²) in [5.74, 6) is 0. The molecule has 18 heavy (non-hydrogen) atoms. The summed E-state index contributed by atoms with van der Waals surface area (Å²) < 4.78 is 0. The fraction of sp³-hybridized carbons (Fsp3) is 0.357. The molecule has 1 aromatic carbocycles. The number of hydrogen-bond acceptors (Lipinski definition) is 1. The zero-order chi connectivity index (χ0) is 12.5. The minimum absolute atomic E-state index is 0.0478. The maximum absolute atomic E-state index is 11.7. The Bertz CT molecular complexity index is 584. The Morgan fingerprint density at radius 2 is 2.22 bits per heavy atom. The Morgan fingerprint density at radius 3 is 2.94 bits per heavy atom. The number of aromatic amines is 1. The minimum Gasteiger partial charge on any atom is -0.359 e. The molecular formula is C14H17N3O. The van der Waals surface area contributed by atoms with E-state index in [1.165, 1.54) is 5.39 Å². The number of likely N-dealkylation sites (tertiary alicyclic amines) is 1. The van der Waals surface area contributed by atoms with Gasteiger partial charge in [-0.2, -0.15) is 0 Å². The zero-order valence-electron chi connectivity index (χ0n) is 10.5. The fourth-order valence-corrected chi connectivity index (χ4v) is 2.25. The van der Waals surface area contributed by atoms with E-state index in [1.54, 1.807) is 0 Å². The number of fused-ring (bicyclic) bond motifs is 1. The van der Waals surface area contributed by atoms with Gasteiger partial charge in [-0.25, -0.2) is 4.79 Å². The van der Waals surface area contributed by atoms with Gasteiger partial charge in [-0.15, -0.1) is 0 Å². The summed E-state index contributed by atoms with van der Waals surface area (Å²) in [6.45, 7) is 4.42. The SMILES string of the molecule is Cc1cc2cc(CNC(=O)N3CCC3)ccc2[nH]1. The van der Waals surface area contributed by atoms with Crippen molar-refractivity contribution in [3.05, 3.63) is 35.5 Å². The summed E-state index contributed by atoms with van der Waals surface area (Å²) >= 11 is 0. The van der Waals surface area contributed by atoms with Crippen molar-refractivity contribution < 1.29 is 4.79 Å². The van der Waals surface area contributed by atoms with E-state index in [9.17, 15) is 4.79 Å². The van der Waals surface area contributed by atoms with Gasteiger partial charge in [0.15, 0.2) is 0 Å². The topological polar surface area (TPSA) is 48.1 Å². The molecule has 0 unspecified atom stereocenters. The molecule has 4 nitrogen and oxygen atoms in total. The van der Waals surface area contributed by atoms with Gasteiger partial charge in [-0.05, 0) is 42.5 Å². The number of aromatic nitrogens is 1. The van der Waals surface area contributed by atoms with Crippen molar-refractivity contribution in [3.63, 3.8) is 0 Å². The number of H-pyrrole nitrogens is 1. The molecular weight excluding hydrogens is 226 g/mol. The molecule has 4 heteroatoms. The summed E-state index contributed by atoms with van der Waals surface area (Å²) in [5, 5.41) is 4.15. The lowest BCUT2D eigenvalue weighted by Gasteiger charge is -2.30. The Hall–Kier alpha value is -1.97. The first-order valence-electron chi connectivity index (χ1n) is 6.33. The van der Waals surface area contributed by atoms with E-state index >= 15 is 0 Å². The number of rotatable bonds is 2. The van der Waals surface area contributed by atoms with E-state index in [4.69, 9.17) is 0 Å². The summed E-state index contributed by atoms with van der Waals surface area (Å²) in [6.07, 6.45) is 1.13. The van der Waals surface area contributed by atoms with Gasteiger partial charge in [0.1, 0.15) is 0 Å². The van der Waals surface area contributed by atoms with Crippen LogP contribution in [0.5, 0.6) is 0 Å². The lowest BCUT2D eigenvalue weighted by Crippen LogP contribution is -2.47. The summed E-state index contributed by atoms with van der Waals surface area (Å²) in [6, 6.07) is 8.40. The van der Waals surface area contributed by atoms with Gasteiger partial charge in [0.05, 0.1) is 0 Å². The molecule has 2 heterocycles. The third kappa shape index (κ3) is 2.06. The summed E-state index contributed by atoms with van der Waals surface area (Å²) in [5.41, 5.74) is 3.44. The molecule has 0 spiro atoms. The molecule has 0 bridgehead atoms. The lowest BCUT2D eigenvalue weighted by molar-refractivity contribution is 0.167. The van der Waals surface area contributed by atoms with Crippen LogP contribution in [0.15, 0.2) is 24.3 Å². The predicted molar refractivity (Wildman–Crippen MR) is 71.5 cm³/mol. The van der Waals surface area contributed by atoms with Crippen LogP contribution in [0.25, 0.3) is 10.9 Å². The van der Waals surface area contributed by atoms with Gasteiger partial charge >= 0.3 is 6.03 Å². The van der Waals surface area contributed by atoms with Crippen molar-refractivity contribution in [2.45, 2.75) is 19.9 Å². The zero-order valence-corrected chi connectivity index (χ0v) is 10.5. The molecule has 1 fully saturated rings. The fourth-order valence-electron chi connectivity index (χ4n) is 2.25. The second kappa shape index (κ2) is 4.37. The number of hydrogen-bond donors (Lipinski definition) is 2. The van der Waals surface area contributed by atoms with Gasteiger partial charge in [0, 0.05) is 30.8 Å². The molecule has 2 amide bonds. The highest BCUT2D eigenvalue weighted by Gasteiger charge is 2.19. The summed E-state index contributed by atoms with van der Waals surface area (Å²) in [7, 11) is 0. The van der Waals surface area contributed by atoms with E-state index in [0.717, 1.165) is 36.3 Å². The molecule has 1 aliphatic rings. The highest BCUT2D eigenvalue weighted by Crippen LogP contribution is 2.17. The first-order chi connectivity index (χ1) is 8.72. The number of carbonyl (C=O) groups excluding carboxylic acids is 1. The average molecular weight is 243 g/mol. The Balaban J connectivity index is 1.68. The molecule has 0 saturated carbocycles. The van der Waals surface area contributed by atoms with Crippen molar-refractivity contribution in [1.82, 2.24) is 15.2 Å². The third-order valence-electron chi connectivity index (χ3n) is 3.41. The largest absolute Gasteiger partial charge is 0.359 e. The van der Waals surface area contributed by atoms with Gasteiger partial charge < -0.3 is 15.2 Å². The van der Waals surface area contributed by atoms with Crippen LogP contribution in [0, 0.1) is 6.92 Å². The number of nitrogens with zero attached hydrogens (tertiary/aromatic N) is 1. The first-order valence-corrected chi connectivity index (χ1v) is 6.33. The van der Waals surface area contributed by atoms with Crippen LogP contribution in [0.2, 0.25) is 0 Å². The van der Waals surface area contributed by atoms with Crippen LogP contribution in [0.3, 0.4) is 0 Å². The van der Waals surface area contributed by atoms with Crippen LogP contribution in [-0.4, -0.2) is 29.0 Å². The second-order valence-electron chi connectivity index (χ2n) is 4.87. The summed E-state index contributed by atoms with van der Waals surface area (Å²) in [4.78, 5) is 16.8. The normalized spacial score (nSPS) is 14.6. The van der Waals surface area contributed by atoms with Gasteiger partial charge in [0.2, 0.25) is 0 Å². The van der Waals surface area contributed by atoms with E-state index < -0.39 is 0 Å². The van der Waals surface area contributed by atoms with Crippen molar-refractivity contribution in [2.75, 3.05) is 13.1 Å². The van der Waals surface area contributed by atoms with Crippen molar-refractivity contribution >= 4 is 16.9 Å². The van der Waals surface area contributed by atoms with Gasteiger partial charge in [-0.1, -0.05) is 6.07 Å². The molecule has 94 valence electrons. The molecule has 1 aliphatic heterocycles. The molecule has 0 radical (unpaired) electrons. The highest BCUT2D eigenvalue weighted by molar-refractivity contribution is 5.81. The molecule has 2 N–H and O–H groups in total. The van der Waals surface area contributed by atoms with Crippen molar-refractivity contribution in [3.8, 4) is 0 Å². The van der Waals surface area contributed by atoms with E-state index in [1.807, 2.05) is 11.8 Å². The maximum atomic E-state index is 11.7. The van der Waals surface area contributed by atoms with Crippen molar-refractivity contribution in [1.29, 1.82) is 0 Å². The third-order valence-corrected chi connectivity index (χ3v) is 3.41. The Labute approximate surface area is 106 Å². The van der Waals surface area contributed by atoms with Crippen LogP contribution in [0.4, 0.5) is 4.79 Å².